The Balaban J connectivity index is 2.93. The molecule has 0 bridgehead atoms. The van der Waals surface area contributed by atoms with Crippen LogP contribution in [0, 0.1) is 17.3 Å². The van der Waals surface area contributed by atoms with E-state index in [0.717, 1.165) is 25.7 Å². The van der Waals surface area contributed by atoms with E-state index in [4.69, 9.17) is 4.74 Å². The molecule has 2 unspecified atom stereocenters. The molecule has 0 radical (unpaired) electrons. The highest BCUT2D eigenvalue weighted by molar-refractivity contribution is 5.78. The van der Waals surface area contributed by atoms with Gasteiger partial charge in [0.1, 0.15) is 0 Å². The topological polar surface area (TPSA) is 46.5 Å². The maximum atomic E-state index is 12.0. The van der Waals surface area contributed by atoms with Crippen molar-refractivity contribution in [2.24, 2.45) is 17.3 Å². The Morgan fingerprint density at radius 2 is 2.19 bits per heavy atom. The summed E-state index contributed by atoms with van der Waals surface area (Å²) in [6.07, 6.45) is 10.5. The lowest BCUT2D eigenvalue weighted by Crippen LogP contribution is -2.38. The molecule has 1 aliphatic carbocycles. The fourth-order valence-corrected chi connectivity index (χ4v) is 3.07. The average Bonchev–Trinajstić information content (AvgIpc) is 2.45. The fourth-order valence-electron chi connectivity index (χ4n) is 3.07. The second-order valence-electron chi connectivity index (χ2n) is 6.45. The number of methoxy groups -OCH3 is 1. The first kappa shape index (κ1) is 18.0. The molecular weight excluding hydrogens is 264 g/mol. The predicted molar refractivity (Wildman–Crippen MR) is 86.3 cm³/mol. The van der Waals surface area contributed by atoms with E-state index in [1.54, 1.807) is 7.11 Å². The average molecular weight is 294 g/mol. The van der Waals surface area contributed by atoms with Crippen molar-refractivity contribution in [1.82, 2.24) is 0 Å². The Morgan fingerprint density at radius 3 is 2.71 bits per heavy atom. The van der Waals surface area contributed by atoms with Crippen molar-refractivity contribution >= 4 is 5.97 Å². The summed E-state index contributed by atoms with van der Waals surface area (Å²) in [5.74, 6) is -0.0559. The Kier molecular flexibility index (Phi) is 7.16. The smallest absolute Gasteiger partial charge is 0.314 e. The van der Waals surface area contributed by atoms with Gasteiger partial charge < -0.3 is 9.84 Å². The number of allylic oxidation sites excluding steroid dienone is 3. The molecule has 0 saturated carbocycles. The molecule has 0 aromatic heterocycles. The number of carboxylic acids is 1. The Labute approximate surface area is 129 Å². The van der Waals surface area contributed by atoms with Crippen molar-refractivity contribution < 1.29 is 14.6 Å². The van der Waals surface area contributed by atoms with Gasteiger partial charge in [-0.3, -0.25) is 4.79 Å². The van der Waals surface area contributed by atoms with Crippen LogP contribution in [0.4, 0.5) is 0 Å². The number of carboxylic acid groups (broad SMARTS) is 1. The van der Waals surface area contributed by atoms with Gasteiger partial charge >= 0.3 is 5.97 Å². The molecule has 0 saturated heterocycles. The molecule has 0 fully saturated rings. The summed E-state index contributed by atoms with van der Waals surface area (Å²) < 4.78 is 5.18. The van der Waals surface area contributed by atoms with Gasteiger partial charge in [0.25, 0.3) is 0 Å². The number of hydrogen-bond acceptors (Lipinski definition) is 2. The molecule has 1 aliphatic rings. The van der Waals surface area contributed by atoms with Gasteiger partial charge in [-0.25, -0.2) is 0 Å². The lowest BCUT2D eigenvalue weighted by atomic mass is 9.67. The first-order chi connectivity index (χ1) is 9.96. The number of aliphatic carboxylic acids is 1. The largest absolute Gasteiger partial charge is 0.481 e. The molecule has 0 aromatic carbocycles. The molecule has 0 heterocycles. The van der Waals surface area contributed by atoms with E-state index in [1.807, 2.05) is 12.2 Å². The molecule has 120 valence electrons. The molecule has 1 rings (SSSR count). The molecule has 0 aliphatic heterocycles. The van der Waals surface area contributed by atoms with E-state index in [0.29, 0.717) is 18.9 Å². The first-order valence-electron chi connectivity index (χ1n) is 8.08. The summed E-state index contributed by atoms with van der Waals surface area (Å²) in [5.41, 5.74) is 0.475. The van der Waals surface area contributed by atoms with Crippen LogP contribution in [0.25, 0.3) is 0 Å². The van der Waals surface area contributed by atoms with Gasteiger partial charge in [-0.1, -0.05) is 57.4 Å². The van der Waals surface area contributed by atoms with E-state index in [2.05, 4.69) is 26.8 Å². The zero-order valence-electron chi connectivity index (χ0n) is 13.9. The summed E-state index contributed by atoms with van der Waals surface area (Å²) in [6, 6.07) is 0. The first-order valence-corrected chi connectivity index (χ1v) is 8.08. The maximum Gasteiger partial charge on any atom is 0.314 e. The molecular formula is C18H30O3. The third-order valence-electron chi connectivity index (χ3n) is 4.48. The highest BCUT2D eigenvalue weighted by atomic mass is 16.5. The number of carbonyl (C=O) groups is 1. The number of rotatable bonds is 9. The van der Waals surface area contributed by atoms with Crippen molar-refractivity contribution in [3.63, 3.8) is 0 Å². The van der Waals surface area contributed by atoms with Gasteiger partial charge in [-0.05, 0) is 31.1 Å². The fraction of sp³-hybridized carbons (Fsp3) is 0.722. The summed E-state index contributed by atoms with van der Waals surface area (Å²) >= 11 is 0. The van der Waals surface area contributed by atoms with Crippen LogP contribution >= 0.6 is 0 Å². The molecule has 2 atom stereocenters. The maximum absolute atomic E-state index is 12.0. The second kappa shape index (κ2) is 8.38. The van der Waals surface area contributed by atoms with Crippen molar-refractivity contribution in [1.29, 1.82) is 0 Å². The van der Waals surface area contributed by atoms with Crippen LogP contribution in [0.2, 0.25) is 0 Å². The van der Waals surface area contributed by atoms with Crippen LogP contribution in [-0.2, 0) is 9.53 Å². The molecule has 0 spiro atoms. The zero-order chi connectivity index (χ0) is 15.9. The van der Waals surface area contributed by atoms with Crippen LogP contribution in [0.5, 0.6) is 0 Å². The number of ether oxygens (including phenoxy) is 1. The van der Waals surface area contributed by atoms with E-state index < -0.39 is 11.4 Å². The van der Waals surface area contributed by atoms with E-state index in [1.165, 1.54) is 5.57 Å². The van der Waals surface area contributed by atoms with Gasteiger partial charge in [0.05, 0.1) is 5.41 Å². The molecule has 1 N–H and O–H groups in total. The normalized spacial score (nSPS) is 25.2. The third-order valence-corrected chi connectivity index (χ3v) is 4.48. The Bertz CT molecular complexity index is 395. The van der Waals surface area contributed by atoms with Crippen molar-refractivity contribution in [3.8, 4) is 0 Å². The molecule has 3 nitrogen and oxygen atoms in total. The van der Waals surface area contributed by atoms with Crippen molar-refractivity contribution in [2.45, 2.75) is 52.9 Å². The highest BCUT2D eigenvalue weighted by Gasteiger charge is 2.43. The summed E-state index contributed by atoms with van der Waals surface area (Å²) in [6.45, 7) is 7.07. The van der Waals surface area contributed by atoms with E-state index >= 15 is 0 Å². The molecule has 3 heteroatoms. The molecule has 0 aromatic rings. The minimum absolute atomic E-state index is 0.0297. The van der Waals surface area contributed by atoms with Crippen LogP contribution < -0.4 is 0 Å². The van der Waals surface area contributed by atoms with Crippen LogP contribution in [0.15, 0.2) is 23.8 Å². The second-order valence-corrected chi connectivity index (χ2v) is 6.45. The molecule has 0 amide bonds. The van der Waals surface area contributed by atoms with Gasteiger partial charge in [0.2, 0.25) is 0 Å². The SMILES string of the molecule is CCC1=CC(CCOC)C(CCCC(C)C)(C(=O)O)C=C1. The zero-order valence-corrected chi connectivity index (χ0v) is 13.9. The lowest BCUT2D eigenvalue weighted by molar-refractivity contribution is -0.149. The third kappa shape index (κ3) is 4.70. The van der Waals surface area contributed by atoms with Crippen LogP contribution in [0.1, 0.15) is 52.9 Å². The quantitative estimate of drug-likeness (QED) is 0.683. The van der Waals surface area contributed by atoms with Gasteiger partial charge in [0, 0.05) is 13.7 Å². The van der Waals surface area contributed by atoms with Gasteiger partial charge in [-0.15, -0.1) is 0 Å². The van der Waals surface area contributed by atoms with Crippen LogP contribution in [0.3, 0.4) is 0 Å². The summed E-state index contributed by atoms with van der Waals surface area (Å²) in [4.78, 5) is 12.0. The monoisotopic (exact) mass is 294 g/mol. The standard InChI is InChI=1S/C18H30O3/c1-5-15-8-11-18(17(19)20,10-6-7-14(2)3)16(13-15)9-12-21-4/h8,11,13-14,16H,5-7,9-10,12H2,1-4H3,(H,19,20). The highest BCUT2D eigenvalue weighted by Crippen LogP contribution is 2.43. The minimum Gasteiger partial charge on any atom is -0.481 e. The van der Waals surface area contributed by atoms with E-state index in [9.17, 15) is 9.90 Å². The minimum atomic E-state index is -0.758. The van der Waals surface area contributed by atoms with Crippen molar-refractivity contribution in [2.75, 3.05) is 13.7 Å². The Hall–Kier alpha value is -1.09. The van der Waals surface area contributed by atoms with Crippen LogP contribution in [-0.4, -0.2) is 24.8 Å². The summed E-state index contributed by atoms with van der Waals surface area (Å²) in [7, 11) is 1.67. The van der Waals surface area contributed by atoms with Gasteiger partial charge in [-0.2, -0.15) is 0 Å². The lowest BCUT2D eigenvalue weighted by Gasteiger charge is -2.36. The summed E-state index contributed by atoms with van der Waals surface area (Å²) in [5, 5.41) is 9.86. The molecule has 21 heavy (non-hydrogen) atoms. The van der Waals surface area contributed by atoms with Gasteiger partial charge in [0.15, 0.2) is 0 Å². The number of hydrogen-bond donors (Lipinski definition) is 1. The Morgan fingerprint density at radius 1 is 1.48 bits per heavy atom. The predicted octanol–water partition coefficient (Wildman–Crippen LogP) is 4.44. The van der Waals surface area contributed by atoms with Crippen molar-refractivity contribution in [3.05, 3.63) is 23.8 Å². The van der Waals surface area contributed by atoms with E-state index in [-0.39, 0.29) is 5.92 Å².